The number of rotatable bonds is 3. The standard InChI is InChI=1S/C14H8FN3OS/c15-10-3-1-9(2-4-10)7-13-17-14(19-18-13)12-6-5-11(8-16)20-12/h1-6H,7H2. The molecule has 1 aromatic carbocycles. The quantitative estimate of drug-likeness (QED) is 0.740. The van der Waals surface area contributed by atoms with E-state index in [2.05, 4.69) is 16.2 Å². The molecule has 0 aliphatic carbocycles. The Morgan fingerprint density at radius 1 is 1.20 bits per heavy atom. The van der Waals surface area contributed by atoms with E-state index in [0.717, 1.165) is 10.4 Å². The summed E-state index contributed by atoms with van der Waals surface area (Å²) in [5.74, 6) is 0.650. The van der Waals surface area contributed by atoms with Crippen LogP contribution in [-0.2, 0) is 6.42 Å². The van der Waals surface area contributed by atoms with Crippen molar-refractivity contribution >= 4 is 11.3 Å². The zero-order chi connectivity index (χ0) is 13.9. The zero-order valence-corrected chi connectivity index (χ0v) is 11.0. The van der Waals surface area contributed by atoms with Crippen molar-refractivity contribution in [1.29, 1.82) is 5.26 Å². The van der Waals surface area contributed by atoms with Crippen LogP contribution in [0, 0.1) is 17.1 Å². The van der Waals surface area contributed by atoms with Gasteiger partial charge in [0.15, 0.2) is 5.82 Å². The molecule has 2 heterocycles. The van der Waals surface area contributed by atoms with Gasteiger partial charge >= 0.3 is 0 Å². The summed E-state index contributed by atoms with van der Waals surface area (Å²) in [7, 11) is 0. The van der Waals surface area contributed by atoms with Crippen LogP contribution in [-0.4, -0.2) is 10.1 Å². The highest BCUT2D eigenvalue weighted by molar-refractivity contribution is 7.15. The molecule has 0 radical (unpaired) electrons. The number of aromatic nitrogens is 2. The van der Waals surface area contributed by atoms with E-state index in [1.54, 1.807) is 24.3 Å². The van der Waals surface area contributed by atoms with Gasteiger partial charge in [-0.1, -0.05) is 17.3 Å². The lowest BCUT2D eigenvalue weighted by atomic mass is 10.1. The van der Waals surface area contributed by atoms with E-state index in [0.29, 0.717) is 23.0 Å². The SMILES string of the molecule is N#Cc1ccc(-c2nc(Cc3ccc(F)cc3)no2)s1. The number of nitrogens with zero attached hydrogens (tertiary/aromatic N) is 3. The van der Waals surface area contributed by atoms with Crippen LogP contribution < -0.4 is 0 Å². The van der Waals surface area contributed by atoms with Crippen LogP contribution in [0.4, 0.5) is 4.39 Å². The van der Waals surface area contributed by atoms with Crippen molar-refractivity contribution in [3.05, 3.63) is 58.5 Å². The first-order valence-electron chi connectivity index (χ1n) is 5.82. The van der Waals surface area contributed by atoms with Crippen LogP contribution in [0.3, 0.4) is 0 Å². The van der Waals surface area contributed by atoms with Crippen molar-refractivity contribution in [3.8, 4) is 16.8 Å². The van der Waals surface area contributed by atoms with Crippen molar-refractivity contribution in [2.75, 3.05) is 0 Å². The maximum Gasteiger partial charge on any atom is 0.268 e. The van der Waals surface area contributed by atoms with Gasteiger partial charge in [0, 0.05) is 6.42 Å². The van der Waals surface area contributed by atoms with Gasteiger partial charge < -0.3 is 4.52 Å². The number of halogens is 1. The van der Waals surface area contributed by atoms with Crippen molar-refractivity contribution in [3.63, 3.8) is 0 Å². The molecule has 98 valence electrons. The first kappa shape index (κ1) is 12.5. The molecule has 0 N–H and O–H groups in total. The van der Waals surface area contributed by atoms with E-state index in [-0.39, 0.29) is 5.82 Å². The molecule has 0 aliphatic rings. The van der Waals surface area contributed by atoms with Gasteiger partial charge in [-0.05, 0) is 29.8 Å². The van der Waals surface area contributed by atoms with Gasteiger partial charge in [-0.25, -0.2) is 4.39 Å². The first-order valence-corrected chi connectivity index (χ1v) is 6.63. The second-order valence-electron chi connectivity index (χ2n) is 4.09. The minimum atomic E-state index is -0.273. The van der Waals surface area contributed by atoms with E-state index in [4.69, 9.17) is 9.78 Å². The van der Waals surface area contributed by atoms with Crippen molar-refractivity contribution in [2.24, 2.45) is 0 Å². The van der Waals surface area contributed by atoms with Gasteiger partial charge in [0.2, 0.25) is 0 Å². The van der Waals surface area contributed by atoms with Crippen molar-refractivity contribution < 1.29 is 8.91 Å². The summed E-state index contributed by atoms with van der Waals surface area (Å²) in [5.41, 5.74) is 0.905. The molecule has 0 spiro atoms. The second-order valence-corrected chi connectivity index (χ2v) is 5.18. The summed E-state index contributed by atoms with van der Waals surface area (Å²) >= 11 is 1.30. The van der Waals surface area contributed by atoms with Crippen LogP contribution in [0.25, 0.3) is 10.8 Å². The lowest BCUT2D eigenvalue weighted by molar-refractivity contribution is 0.424. The third kappa shape index (κ3) is 2.58. The molecule has 0 amide bonds. The van der Waals surface area contributed by atoms with Crippen LogP contribution >= 0.6 is 11.3 Å². The molecule has 3 aromatic rings. The molecule has 3 rings (SSSR count). The minimum absolute atomic E-state index is 0.273. The molecule has 0 unspecified atom stereocenters. The Balaban J connectivity index is 1.80. The average Bonchev–Trinajstić information content (AvgIpc) is 3.10. The van der Waals surface area contributed by atoms with Crippen LogP contribution in [0.2, 0.25) is 0 Å². The zero-order valence-electron chi connectivity index (χ0n) is 10.2. The lowest BCUT2D eigenvalue weighted by Crippen LogP contribution is -1.90. The van der Waals surface area contributed by atoms with Gasteiger partial charge in [0.25, 0.3) is 5.89 Å². The number of nitriles is 1. The molecule has 0 aliphatic heterocycles. The molecule has 4 nitrogen and oxygen atoms in total. The third-order valence-electron chi connectivity index (χ3n) is 2.67. The molecular formula is C14H8FN3OS. The molecular weight excluding hydrogens is 277 g/mol. The molecule has 20 heavy (non-hydrogen) atoms. The fraction of sp³-hybridized carbons (Fsp3) is 0.0714. The molecule has 0 saturated heterocycles. The average molecular weight is 285 g/mol. The maximum atomic E-state index is 12.8. The van der Waals surface area contributed by atoms with Gasteiger partial charge in [-0.15, -0.1) is 11.3 Å². The third-order valence-corrected chi connectivity index (χ3v) is 3.65. The Labute approximate surface area is 118 Å². The highest BCUT2D eigenvalue weighted by Crippen LogP contribution is 2.26. The smallest absolute Gasteiger partial charge is 0.268 e. The van der Waals surface area contributed by atoms with Crippen molar-refractivity contribution in [2.45, 2.75) is 6.42 Å². The van der Waals surface area contributed by atoms with Gasteiger partial charge in [0.05, 0.1) is 4.88 Å². The van der Waals surface area contributed by atoms with E-state index in [9.17, 15) is 4.39 Å². The fourth-order valence-corrected chi connectivity index (χ4v) is 2.45. The van der Waals surface area contributed by atoms with Gasteiger partial charge in [0.1, 0.15) is 16.8 Å². The summed E-state index contributed by atoms with van der Waals surface area (Å²) in [4.78, 5) is 5.63. The van der Waals surface area contributed by atoms with Crippen LogP contribution in [0.15, 0.2) is 40.9 Å². The normalized spacial score (nSPS) is 10.4. The van der Waals surface area contributed by atoms with Crippen LogP contribution in [0.1, 0.15) is 16.3 Å². The van der Waals surface area contributed by atoms with E-state index in [1.807, 2.05) is 0 Å². The van der Waals surface area contributed by atoms with E-state index >= 15 is 0 Å². The van der Waals surface area contributed by atoms with E-state index < -0.39 is 0 Å². The molecule has 0 saturated carbocycles. The Morgan fingerprint density at radius 3 is 2.70 bits per heavy atom. The molecule has 6 heteroatoms. The molecule has 0 atom stereocenters. The fourth-order valence-electron chi connectivity index (χ4n) is 1.72. The summed E-state index contributed by atoms with van der Waals surface area (Å²) < 4.78 is 18.0. The molecule has 0 bridgehead atoms. The maximum absolute atomic E-state index is 12.8. The number of hydrogen-bond donors (Lipinski definition) is 0. The van der Waals surface area contributed by atoms with E-state index in [1.165, 1.54) is 23.5 Å². The van der Waals surface area contributed by atoms with Crippen LogP contribution in [0.5, 0.6) is 0 Å². The predicted molar refractivity (Wildman–Crippen MR) is 71.5 cm³/mol. The predicted octanol–water partition coefficient (Wildman–Crippen LogP) is 3.40. The number of thiophene rings is 1. The minimum Gasteiger partial charge on any atom is -0.333 e. The molecule has 2 aromatic heterocycles. The summed E-state index contributed by atoms with van der Waals surface area (Å²) in [6.45, 7) is 0. The summed E-state index contributed by atoms with van der Waals surface area (Å²) in [5, 5.41) is 12.7. The summed E-state index contributed by atoms with van der Waals surface area (Å²) in [6, 6.07) is 11.7. The Hall–Kier alpha value is -2.52. The lowest BCUT2D eigenvalue weighted by Gasteiger charge is -1.95. The number of hydrogen-bond acceptors (Lipinski definition) is 5. The second kappa shape index (κ2) is 5.23. The summed E-state index contributed by atoms with van der Waals surface area (Å²) in [6.07, 6.45) is 0.472. The highest BCUT2D eigenvalue weighted by atomic mass is 32.1. The molecule has 0 fully saturated rings. The van der Waals surface area contributed by atoms with Gasteiger partial charge in [-0.3, -0.25) is 0 Å². The Bertz CT molecular complexity index is 770. The van der Waals surface area contributed by atoms with Crippen molar-refractivity contribution in [1.82, 2.24) is 10.1 Å². The first-order chi connectivity index (χ1) is 9.74. The van der Waals surface area contributed by atoms with Gasteiger partial charge in [-0.2, -0.15) is 10.2 Å². The largest absolute Gasteiger partial charge is 0.333 e. The Kier molecular flexibility index (Phi) is 3.27. The Morgan fingerprint density at radius 2 is 2.00 bits per heavy atom. The number of benzene rings is 1. The topological polar surface area (TPSA) is 62.7 Å². The monoisotopic (exact) mass is 285 g/mol. The highest BCUT2D eigenvalue weighted by Gasteiger charge is 2.11.